The topological polar surface area (TPSA) is 32.3 Å². The first kappa shape index (κ1) is 16.1. The summed E-state index contributed by atoms with van der Waals surface area (Å²) < 4.78 is 0. The highest BCUT2D eigenvalue weighted by molar-refractivity contribution is 6.13. The number of piperidine rings is 1. The van der Waals surface area contributed by atoms with Gasteiger partial charge in [0.2, 0.25) is 0 Å². The third-order valence-electron chi connectivity index (χ3n) is 6.46. The summed E-state index contributed by atoms with van der Waals surface area (Å²) in [4.78, 5) is 15.7. The fraction of sp³-hybridized carbons (Fsp3) is 0.667. The Morgan fingerprint density at radius 3 is 2.58 bits per heavy atom. The zero-order valence-corrected chi connectivity index (χ0v) is 15.1. The standard InChI is InChI=1S/C21H30N2O/c1-15(2)17-7-8-19-18(13-17)20(24)21(22-19)9-11-23(12-10-21)14-16-5-3-4-6-16/h7-8,13,15-16,22H,3-6,9-12,14H2,1-2H3. The molecule has 4 rings (SSSR count). The molecule has 0 atom stereocenters. The first-order valence-corrected chi connectivity index (χ1v) is 9.77. The Balaban J connectivity index is 1.45. The number of benzene rings is 1. The maximum absolute atomic E-state index is 13.1. The van der Waals surface area contributed by atoms with Gasteiger partial charge in [-0.3, -0.25) is 4.79 Å². The molecule has 1 N–H and O–H groups in total. The van der Waals surface area contributed by atoms with Crippen LogP contribution in [0.2, 0.25) is 0 Å². The van der Waals surface area contributed by atoms with Gasteiger partial charge in [0.15, 0.2) is 5.78 Å². The van der Waals surface area contributed by atoms with Gasteiger partial charge in [-0.05, 0) is 55.2 Å². The predicted molar refractivity (Wildman–Crippen MR) is 98.8 cm³/mol. The molecule has 1 saturated carbocycles. The molecule has 3 heteroatoms. The molecule has 0 aromatic heterocycles. The summed E-state index contributed by atoms with van der Waals surface area (Å²) in [6, 6.07) is 6.40. The van der Waals surface area contributed by atoms with Crippen LogP contribution in [-0.4, -0.2) is 35.9 Å². The largest absolute Gasteiger partial charge is 0.372 e. The van der Waals surface area contributed by atoms with Crippen LogP contribution < -0.4 is 5.32 Å². The Morgan fingerprint density at radius 2 is 1.92 bits per heavy atom. The third-order valence-corrected chi connectivity index (χ3v) is 6.46. The second kappa shape index (κ2) is 6.18. The zero-order chi connectivity index (χ0) is 16.7. The quantitative estimate of drug-likeness (QED) is 0.891. The molecule has 3 nitrogen and oxygen atoms in total. The number of ketones is 1. The Bertz CT molecular complexity index is 623. The highest BCUT2D eigenvalue weighted by Gasteiger charge is 2.47. The third kappa shape index (κ3) is 2.77. The lowest BCUT2D eigenvalue weighted by atomic mass is 9.83. The number of rotatable bonds is 3. The molecule has 0 amide bonds. The molecule has 1 aromatic carbocycles. The van der Waals surface area contributed by atoms with E-state index in [4.69, 9.17) is 0 Å². The van der Waals surface area contributed by atoms with E-state index < -0.39 is 0 Å². The van der Waals surface area contributed by atoms with Crippen LogP contribution in [0.5, 0.6) is 0 Å². The van der Waals surface area contributed by atoms with E-state index >= 15 is 0 Å². The molecule has 1 spiro atoms. The molecule has 0 bridgehead atoms. The van der Waals surface area contributed by atoms with Gasteiger partial charge in [-0.25, -0.2) is 0 Å². The lowest BCUT2D eigenvalue weighted by Crippen LogP contribution is -2.52. The summed E-state index contributed by atoms with van der Waals surface area (Å²) in [5, 5.41) is 3.60. The van der Waals surface area contributed by atoms with Crippen molar-refractivity contribution in [1.82, 2.24) is 4.90 Å². The van der Waals surface area contributed by atoms with E-state index in [9.17, 15) is 4.79 Å². The number of nitrogens with zero attached hydrogens (tertiary/aromatic N) is 1. The van der Waals surface area contributed by atoms with Crippen molar-refractivity contribution in [2.24, 2.45) is 5.92 Å². The van der Waals surface area contributed by atoms with Crippen LogP contribution in [0.1, 0.15) is 74.2 Å². The van der Waals surface area contributed by atoms with Crippen molar-refractivity contribution < 1.29 is 4.79 Å². The number of hydrogen-bond acceptors (Lipinski definition) is 3. The number of carbonyl (C=O) groups excluding carboxylic acids is 1. The number of hydrogen-bond donors (Lipinski definition) is 1. The maximum Gasteiger partial charge on any atom is 0.190 e. The van der Waals surface area contributed by atoms with Crippen LogP contribution in [0.4, 0.5) is 5.69 Å². The van der Waals surface area contributed by atoms with E-state index in [1.54, 1.807) is 0 Å². The van der Waals surface area contributed by atoms with Gasteiger partial charge >= 0.3 is 0 Å². The van der Waals surface area contributed by atoms with Gasteiger partial charge in [-0.1, -0.05) is 32.8 Å². The van der Waals surface area contributed by atoms with E-state index in [0.717, 1.165) is 43.1 Å². The van der Waals surface area contributed by atoms with Gasteiger partial charge in [-0.2, -0.15) is 0 Å². The zero-order valence-electron chi connectivity index (χ0n) is 15.1. The SMILES string of the molecule is CC(C)c1ccc2c(c1)C(=O)C1(CCN(CC3CCCC3)CC1)N2. The van der Waals surface area contributed by atoms with E-state index in [-0.39, 0.29) is 5.54 Å². The monoisotopic (exact) mass is 326 g/mol. The van der Waals surface area contributed by atoms with Crippen LogP contribution in [0.25, 0.3) is 0 Å². The number of anilines is 1. The molecule has 3 aliphatic rings. The van der Waals surface area contributed by atoms with Gasteiger partial charge in [0.05, 0.1) is 0 Å². The van der Waals surface area contributed by atoms with Gasteiger partial charge in [0.25, 0.3) is 0 Å². The van der Waals surface area contributed by atoms with Crippen molar-refractivity contribution in [2.45, 2.75) is 63.8 Å². The Morgan fingerprint density at radius 1 is 1.21 bits per heavy atom. The Hall–Kier alpha value is -1.35. The first-order chi connectivity index (χ1) is 11.6. The van der Waals surface area contributed by atoms with Gasteiger partial charge in [0, 0.05) is 30.9 Å². The average molecular weight is 326 g/mol. The summed E-state index contributed by atoms with van der Waals surface area (Å²) in [5.74, 6) is 1.70. The maximum atomic E-state index is 13.1. The summed E-state index contributed by atoms with van der Waals surface area (Å²) in [7, 11) is 0. The molecule has 2 fully saturated rings. The van der Waals surface area contributed by atoms with E-state index in [0.29, 0.717) is 11.7 Å². The minimum absolute atomic E-state index is 0.329. The number of Topliss-reactive ketones (excluding diaryl/α,β-unsaturated/α-hetero) is 1. The molecule has 1 aromatic rings. The molecule has 2 aliphatic heterocycles. The molecule has 24 heavy (non-hydrogen) atoms. The van der Waals surface area contributed by atoms with Gasteiger partial charge in [0.1, 0.15) is 5.54 Å². The Labute approximate surface area is 145 Å². The van der Waals surface area contributed by atoms with Gasteiger partial charge in [-0.15, -0.1) is 0 Å². The fourth-order valence-corrected chi connectivity index (χ4v) is 4.82. The minimum atomic E-state index is -0.329. The second-order valence-corrected chi connectivity index (χ2v) is 8.45. The average Bonchev–Trinajstić information content (AvgIpc) is 3.17. The second-order valence-electron chi connectivity index (χ2n) is 8.45. The minimum Gasteiger partial charge on any atom is -0.372 e. The van der Waals surface area contributed by atoms with Crippen LogP contribution in [-0.2, 0) is 0 Å². The van der Waals surface area contributed by atoms with Crippen molar-refractivity contribution in [1.29, 1.82) is 0 Å². The molecule has 2 heterocycles. The highest BCUT2D eigenvalue weighted by atomic mass is 16.1. The highest BCUT2D eigenvalue weighted by Crippen LogP contribution is 2.40. The van der Waals surface area contributed by atoms with Crippen LogP contribution >= 0.6 is 0 Å². The molecule has 0 radical (unpaired) electrons. The van der Waals surface area contributed by atoms with Crippen molar-refractivity contribution in [2.75, 3.05) is 25.0 Å². The number of nitrogens with one attached hydrogen (secondary N) is 1. The van der Waals surface area contributed by atoms with Crippen LogP contribution in [0.15, 0.2) is 18.2 Å². The number of fused-ring (bicyclic) bond motifs is 1. The smallest absolute Gasteiger partial charge is 0.190 e. The van der Waals surface area contributed by atoms with E-state index in [1.165, 1.54) is 37.8 Å². The lowest BCUT2D eigenvalue weighted by Gasteiger charge is -2.39. The summed E-state index contributed by atoms with van der Waals surface area (Å²) in [5.41, 5.74) is 2.91. The summed E-state index contributed by atoms with van der Waals surface area (Å²) in [6.45, 7) is 7.73. The van der Waals surface area contributed by atoms with Crippen molar-refractivity contribution in [3.63, 3.8) is 0 Å². The Kier molecular flexibility index (Phi) is 4.16. The van der Waals surface area contributed by atoms with Crippen molar-refractivity contribution >= 4 is 11.5 Å². The van der Waals surface area contributed by atoms with Crippen molar-refractivity contribution in [3.05, 3.63) is 29.3 Å². The normalized spacial score (nSPS) is 23.9. The lowest BCUT2D eigenvalue weighted by molar-refractivity contribution is 0.0818. The molecule has 1 aliphatic carbocycles. The molecule has 130 valence electrons. The van der Waals surface area contributed by atoms with E-state index in [2.05, 4.69) is 42.3 Å². The summed E-state index contributed by atoms with van der Waals surface area (Å²) >= 11 is 0. The summed E-state index contributed by atoms with van der Waals surface area (Å²) in [6.07, 6.45) is 7.53. The first-order valence-electron chi connectivity index (χ1n) is 9.77. The number of likely N-dealkylation sites (tertiary alicyclic amines) is 1. The fourth-order valence-electron chi connectivity index (χ4n) is 4.82. The molecular weight excluding hydrogens is 296 g/mol. The van der Waals surface area contributed by atoms with Crippen LogP contribution in [0, 0.1) is 5.92 Å². The van der Waals surface area contributed by atoms with Crippen LogP contribution in [0.3, 0.4) is 0 Å². The molecule has 1 saturated heterocycles. The van der Waals surface area contributed by atoms with E-state index in [1.807, 2.05) is 0 Å². The molecule has 0 unspecified atom stereocenters. The van der Waals surface area contributed by atoms with Crippen molar-refractivity contribution in [3.8, 4) is 0 Å². The number of carbonyl (C=O) groups is 1. The van der Waals surface area contributed by atoms with Gasteiger partial charge < -0.3 is 10.2 Å². The predicted octanol–water partition coefficient (Wildman–Crippen LogP) is 4.44. The molecular formula is C21H30N2O.